The van der Waals surface area contributed by atoms with Crippen molar-refractivity contribution in [2.75, 3.05) is 23.3 Å². The van der Waals surface area contributed by atoms with E-state index in [4.69, 9.17) is 0 Å². The molecule has 1 fully saturated rings. The van der Waals surface area contributed by atoms with Crippen molar-refractivity contribution < 1.29 is 9.90 Å². The Kier molecular flexibility index (Phi) is 4.13. The van der Waals surface area contributed by atoms with Gasteiger partial charge in [-0.25, -0.2) is 14.8 Å². The third-order valence-corrected chi connectivity index (χ3v) is 3.59. The zero-order valence-corrected chi connectivity index (χ0v) is 12.1. The topological polar surface area (TPSA) is 91.2 Å². The second-order valence-corrected chi connectivity index (χ2v) is 5.14. The van der Waals surface area contributed by atoms with Crippen molar-refractivity contribution in [2.45, 2.75) is 19.3 Å². The average molecular weight is 299 g/mol. The molecule has 1 saturated heterocycles. The molecule has 0 amide bonds. The maximum Gasteiger partial charge on any atom is 0.339 e. The van der Waals surface area contributed by atoms with Crippen LogP contribution >= 0.6 is 0 Å². The number of anilines is 3. The summed E-state index contributed by atoms with van der Waals surface area (Å²) in [6, 6.07) is 3.09. The van der Waals surface area contributed by atoms with Crippen LogP contribution in [0.3, 0.4) is 0 Å². The van der Waals surface area contributed by atoms with Crippen LogP contribution in [0.25, 0.3) is 0 Å². The molecule has 0 aliphatic carbocycles. The van der Waals surface area contributed by atoms with Crippen molar-refractivity contribution in [3.8, 4) is 0 Å². The molecule has 7 heteroatoms. The summed E-state index contributed by atoms with van der Waals surface area (Å²) < 4.78 is 0. The van der Waals surface area contributed by atoms with Crippen LogP contribution in [0.15, 0.2) is 30.7 Å². The van der Waals surface area contributed by atoms with Crippen molar-refractivity contribution in [2.24, 2.45) is 0 Å². The van der Waals surface area contributed by atoms with Crippen LogP contribution in [-0.2, 0) is 0 Å². The van der Waals surface area contributed by atoms with E-state index in [1.807, 2.05) is 0 Å². The molecule has 0 bridgehead atoms. The number of carboxylic acids is 1. The number of piperidine rings is 1. The van der Waals surface area contributed by atoms with Crippen molar-refractivity contribution in [3.63, 3.8) is 0 Å². The normalized spacial score (nSPS) is 14.6. The second kappa shape index (κ2) is 6.38. The van der Waals surface area contributed by atoms with Gasteiger partial charge in [0.2, 0.25) is 0 Å². The van der Waals surface area contributed by atoms with Crippen LogP contribution in [-0.4, -0.2) is 39.1 Å². The van der Waals surface area contributed by atoms with Crippen LogP contribution in [0, 0.1) is 0 Å². The Balaban J connectivity index is 1.82. The summed E-state index contributed by atoms with van der Waals surface area (Å²) in [5.41, 5.74) is 0.104. The largest absolute Gasteiger partial charge is 0.478 e. The number of aromatic nitrogens is 3. The number of carbonyl (C=O) groups is 1. The molecule has 0 radical (unpaired) electrons. The Labute approximate surface area is 128 Å². The summed E-state index contributed by atoms with van der Waals surface area (Å²) in [6.45, 7) is 1.95. The summed E-state index contributed by atoms with van der Waals surface area (Å²) in [5, 5.41) is 12.1. The first-order valence-electron chi connectivity index (χ1n) is 7.26. The Hall–Kier alpha value is -2.70. The van der Waals surface area contributed by atoms with Crippen molar-refractivity contribution in [1.82, 2.24) is 15.0 Å². The van der Waals surface area contributed by atoms with Gasteiger partial charge in [0.05, 0.1) is 12.4 Å². The second-order valence-electron chi connectivity index (χ2n) is 5.14. The SMILES string of the molecule is O=C(O)c1cccnc1Nc1cncc(N2CCCCC2)n1. The smallest absolute Gasteiger partial charge is 0.339 e. The molecule has 0 unspecified atom stereocenters. The molecule has 2 aromatic rings. The zero-order valence-electron chi connectivity index (χ0n) is 12.1. The molecular formula is C15H17N5O2. The van der Waals surface area contributed by atoms with Crippen LogP contribution in [0.2, 0.25) is 0 Å². The maximum atomic E-state index is 11.2. The molecular weight excluding hydrogens is 282 g/mol. The van der Waals surface area contributed by atoms with Crippen LogP contribution in [0.5, 0.6) is 0 Å². The van der Waals surface area contributed by atoms with E-state index in [-0.39, 0.29) is 11.4 Å². The third-order valence-electron chi connectivity index (χ3n) is 3.59. The Morgan fingerprint density at radius 2 is 2.05 bits per heavy atom. The van der Waals surface area contributed by atoms with Gasteiger partial charge in [-0.3, -0.25) is 4.98 Å². The van der Waals surface area contributed by atoms with Crippen molar-refractivity contribution in [3.05, 3.63) is 36.3 Å². The molecule has 7 nitrogen and oxygen atoms in total. The van der Waals surface area contributed by atoms with Crippen LogP contribution in [0.4, 0.5) is 17.5 Å². The average Bonchev–Trinajstić information content (AvgIpc) is 2.56. The molecule has 22 heavy (non-hydrogen) atoms. The van der Waals surface area contributed by atoms with E-state index < -0.39 is 5.97 Å². The lowest BCUT2D eigenvalue weighted by atomic mass is 10.1. The highest BCUT2D eigenvalue weighted by atomic mass is 16.4. The van der Waals surface area contributed by atoms with E-state index in [0.29, 0.717) is 5.82 Å². The first-order valence-corrected chi connectivity index (χ1v) is 7.26. The molecule has 0 atom stereocenters. The summed E-state index contributed by atoms with van der Waals surface area (Å²) in [6.07, 6.45) is 8.39. The van der Waals surface area contributed by atoms with Gasteiger partial charge in [-0.05, 0) is 31.4 Å². The van der Waals surface area contributed by atoms with Crippen molar-refractivity contribution >= 4 is 23.4 Å². The van der Waals surface area contributed by atoms with Crippen LogP contribution in [0.1, 0.15) is 29.6 Å². The number of nitrogens with one attached hydrogen (secondary N) is 1. The van der Waals surface area contributed by atoms with Gasteiger partial charge in [0, 0.05) is 19.3 Å². The standard InChI is InChI=1S/C15H17N5O2/c21-15(22)11-5-4-6-17-14(11)19-12-9-16-10-13(18-12)20-7-2-1-3-8-20/h4-6,9-10H,1-3,7-8H2,(H,21,22)(H,17,18,19). The lowest BCUT2D eigenvalue weighted by molar-refractivity contribution is 0.0697. The van der Waals surface area contributed by atoms with E-state index in [1.165, 1.54) is 18.7 Å². The van der Waals surface area contributed by atoms with Gasteiger partial charge >= 0.3 is 5.97 Å². The fourth-order valence-corrected chi connectivity index (χ4v) is 2.49. The lowest BCUT2D eigenvalue weighted by Crippen LogP contribution is -2.30. The van der Waals surface area contributed by atoms with Gasteiger partial charge < -0.3 is 15.3 Å². The van der Waals surface area contributed by atoms with Crippen molar-refractivity contribution in [1.29, 1.82) is 0 Å². The molecule has 0 aromatic carbocycles. The van der Waals surface area contributed by atoms with Crippen LogP contribution < -0.4 is 10.2 Å². The fraction of sp³-hybridized carbons (Fsp3) is 0.333. The van der Waals surface area contributed by atoms with E-state index in [1.54, 1.807) is 18.5 Å². The van der Waals surface area contributed by atoms with Gasteiger partial charge in [0.15, 0.2) is 5.82 Å². The summed E-state index contributed by atoms with van der Waals surface area (Å²) in [5.74, 6) is 0.526. The third kappa shape index (κ3) is 3.13. The highest BCUT2D eigenvalue weighted by Crippen LogP contribution is 2.21. The number of hydrogen-bond acceptors (Lipinski definition) is 6. The molecule has 3 rings (SSSR count). The van der Waals surface area contributed by atoms with Gasteiger partial charge in [-0.1, -0.05) is 0 Å². The minimum Gasteiger partial charge on any atom is -0.478 e. The highest BCUT2D eigenvalue weighted by Gasteiger charge is 2.14. The number of nitrogens with zero attached hydrogens (tertiary/aromatic N) is 4. The predicted molar refractivity (Wildman–Crippen MR) is 82.6 cm³/mol. The van der Waals surface area contributed by atoms with Gasteiger partial charge in [-0.15, -0.1) is 0 Å². The molecule has 1 aliphatic heterocycles. The van der Waals surface area contributed by atoms with E-state index in [0.717, 1.165) is 31.7 Å². The predicted octanol–water partition coefficient (Wildman–Crippen LogP) is 2.30. The minimum absolute atomic E-state index is 0.104. The molecule has 114 valence electrons. The molecule has 2 N–H and O–H groups in total. The first kappa shape index (κ1) is 14.2. The minimum atomic E-state index is -1.03. The lowest BCUT2D eigenvalue weighted by Gasteiger charge is -2.27. The number of rotatable bonds is 4. The van der Waals surface area contributed by atoms with Gasteiger partial charge in [0.1, 0.15) is 17.2 Å². The Bertz CT molecular complexity index is 670. The maximum absolute atomic E-state index is 11.2. The molecule has 3 heterocycles. The first-order chi connectivity index (χ1) is 10.7. The Morgan fingerprint density at radius 3 is 2.82 bits per heavy atom. The number of aromatic carboxylic acids is 1. The number of hydrogen-bond donors (Lipinski definition) is 2. The number of pyridine rings is 1. The summed E-state index contributed by atoms with van der Waals surface area (Å²) in [7, 11) is 0. The number of carboxylic acid groups (broad SMARTS) is 1. The molecule has 2 aromatic heterocycles. The highest BCUT2D eigenvalue weighted by molar-refractivity contribution is 5.93. The molecule has 0 spiro atoms. The van der Waals surface area contributed by atoms with E-state index in [9.17, 15) is 9.90 Å². The Morgan fingerprint density at radius 1 is 1.23 bits per heavy atom. The quantitative estimate of drug-likeness (QED) is 0.895. The fourth-order valence-electron chi connectivity index (χ4n) is 2.49. The van der Waals surface area contributed by atoms with Gasteiger partial charge in [-0.2, -0.15) is 0 Å². The zero-order chi connectivity index (χ0) is 15.4. The van der Waals surface area contributed by atoms with E-state index in [2.05, 4.69) is 25.2 Å². The summed E-state index contributed by atoms with van der Waals surface area (Å²) >= 11 is 0. The van der Waals surface area contributed by atoms with E-state index >= 15 is 0 Å². The molecule has 1 aliphatic rings. The molecule has 0 saturated carbocycles. The van der Waals surface area contributed by atoms with Gasteiger partial charge in [0.25, 0.3) is 0 Å². The monoisotopic (exact) mass is 299 g/mol. The summed E-state index contributed by atoms with van der Waals surface area (Å²) in [4.78, 5) is 26.2.